The molecule has 0 aliphatic rings. The van der Waals surface area contributed by atoms with Crippen LogP contribution < -0.4 is 11.0 Å². The molecular weight excluding hydrogens is 270 g/mol. The van der Waals surface area contributed by atoms with Crippen molar-refractivity contribution in [2.24, 2.45) is 7.05 Å². The zero-order chi connectivity index (χ0) is 14.8. The lowest BCUT2D eigenvalue weighted by molar-refractivity contribution is -0.111. The number of nitrogens with zero attached hydrogens (tertiary/aromatic N) is 2. The summed E-state index contributed by atoms with van der Waals surface area (Å²) in [7, 11) is 1.81. The van der Waals surface area contributed by atoms with Gasteiger partial charge in [-0.25, -0.2) is 4.79 Å². The van der Waals surface area contributed by atoms with Crippen LogP contribution in [0.5, 0.6) is 0 Å². The molecule has 0 unspecified atom stereocenters. The quantitative estimate of drug-likeness (QED) is 0.631. The number of amides is 1. The van der Waals surface area contributed by atoms with Crippen LogP contribution in [0.15, 0.2) is 41.5 Å². The van der Waals surface area contributed by atoms with E-state index in [1.165, 1.54) is 6.08 Å². The fraction of sp³-hybridized carbons (Fsp3) is 0.0714. The van der Waals surface area contributed by atoms with E-state index in [9.17, 15) is 9.59 Å². The van der Waals surface area contributed by atoms with E-state index >= 15 is 0 Å². The maximum atomic E-state index is 11.8. The topological polar surface area (TPSA) is 95.6 Å². The van der Waals surface area contributed by atoms with Crippen LogP contribution in [0.3, 0.4) is 0 Å². The van der Waals surface area contributed by atoms with Gasteiger partial charge in [-0.1, -0.05) is 0 Å². The van der Waals surface area contributed by atoms with Crippen molar-refractivity contribution >= 4 is 28.7 Å². The molecule has 3 rings (SSSR count). The molecule has 0 aliphatic heterocycles. The Kier molecular flexibility index (Phi) is 3.15. The van der Waals surface area contributed by atoms with Crippen LogP contribution in [0, 0.1) is 0 Å². The number of anilines is 1. The Morgan fingerprint density at radius 1 is 1.33 bits per heavy atom. The van der Waals surface area contributed by atoms with E-state index in [4.69, 9.17) is 0 Å². The van der Waals surface area contributed by atoms with Crippen molar-refractivity contribution < 1.29 is 4.79 Å². The monoisotopic (exact) mass is 283 g/mol. The third-order valence-electron chi connectivity index (χ3n) is 2.94. The van der Waals surface area contributed by atoms with Crippen LogP contribution in [0.4, 0.5) is 5.69 Å². The predicted octanol–water partition coefficient (Wildman–Crippen LogP) is 1.24. The summed E-state index contributed by atoms with van der Waals surface area (Å²) in [6.45, 7) is 0. The molecule has 0 fully saturated rings. The zero-order valence-corrected chi connectivity index (χ0v) is 11.3. The second-order valence-electron chi connectivity index (χ2n) is 4.61. The Morgan fingerprint density at radius 3 is 2.90 bits per heavy atom. The number of benzene rings is 1. The van der Waals surface area contributed by atoms with Gasteiger partial charge >= 0.3 is 5.69 Å². The Balaban J connectivity index is 1.73. The number of rotatable bonds is 3. The van der Waals surface area contributed by atoms with Gasteiger partial charge in [0.05, 0.1) is 17.2 Å². The molecule has 0 atom stereocenters. The fourth-order valence-corrected chi connectivity index (χ4v) is 1.99. The first-order valence-corrected chi connectivity index (χ1v) is 6.30. The number of aromatic nitrogens is 4. The van der Waals surface area contributed by atoms with Crippen LogP contribution in [0.2, 0.25) is 0 Å². The molecule has 0 saturated heterocycles. The summed E-state index contributed by atoms with van der Waals surface area (Å²) < 4.78 is 1.66. The van der Waals surface area contributed by atoms with Gasteiger partial charge in [-0.3, -0.25) is 9.48 Å². The third-order valence-corrected chi connectivity index (χ3v) is 2.94. The van der Waals surface area contributed by atoms with Gasteiger partial charge in [0, 0.05) is 30.6 Å². The van der Waals surface area contributed by atoms with Crippen LogP contribution in [0.1, 0.15) is 5.56 Å². The number of imidazole rings is 1. The minimum atomic E-state index is -0.273. The van der Waals surface area contributed by atoms with Crippen molar-refractivity contribution in [3.05, 3.63) is 52.7 Å². The predicted molar refractivity (Wildman–Crippen MR) is 79.8 cm³/mol. The highest BCUT2D eigenvalue weighted by molar-refractivity contribution is 6.02. The van der Waals surface area contributed by atoms with Crippen molar-refractivity contribution in [3.63, 3.8) is 0 Å². The van der Waals surface area contributed by atoms with Gasteiger partial charge in [0.25, 0.3) is 0 Å². The normalized spacial score (nSPS) is 11.3. The molecule has 106 valence electrons. The van der Waals surface area contributed by atoms with Crippen molar-refractivity contribution in [2.75, 3.05) is 5.32 Å². The van der Waals surface area contributed by atoms with E-state index < -0.39 is 0 Å². The average molecular weight is 283 g/mol. The molecule has 7 heteroatoms. The highest BCUT2D eigenvalue weighted by atomic mass is 16.1. The van der Waals surface area contributed by atoms with Crippen LogP contribution in [0.25, 0.3) is 17.1 Å². The SMILES string of the molecule is Cn1cc(/C=C/C(=O)Nc2ccc3[nH]c(=O)[nH]c3c2)cn1. The summed E-state index contributed by atoms with van der Waals surface area (Å²) in [5, 5.41) is 6.74. The number of fused-ring (bicyclic) bond motifs is 1. The standard InChI is InChI=1S/C14H13N5O2/c1-19-8-9(7-15-19)2-5-13(20)16-10-3-4-11-12(6-10)18-14(21)17-11/h2-8H,1H3,(H,16,20)(H2,17,18,21)/b5-2+. The molecule has 0 aliphatic carbocycles. The molecule has 1 aromatic carbocycles. The number of carbonyl (C=O) groups excluding carboxylic acids is 1. The van der Waals surface area contributed by atoms with Gasteiger partial charge < -0.3 is 15.3 Å². The summed E-state index contributed by atoms with van der Waals surface area (Å²) in [5.74, 6) is -0.254. The molecule has 21 heavy (non-hydrogen) atoms. The molecule has 0 spiro atoms. The summed E-state index contributed by atoms with van der Waals surface area (Å²) in [6.07, 6.45) is 6.58. The first-order chi connectivity index (χ1) is 10.1. The number of carbonyl (C=O) groups is 1. The maximum absolute atomic E-state index is 11.8. The Bertz CT molecular complexity index is 884. The minimum absolute atomic E-state index is 0.254. The Hall–Kier alpha value is -3.09. The molecule has 3 N–H and O–H groups in total. The maximum Gasteiger partial charge on any atom is 0.323 e. The van der Waals surface area contributed by atoms with Crippen LogP contribution >= 0.6 is 0 Å². The van der Waals surface area contributed by atoms with E-state index in [2.05, 4.69) is 20.4 Å². The molecule has 0 saturated carbocycles. The minimum Gasteiger partial charge on any atom is -0.322 e. The highest BCUT2D eigenvalue weighted by Gasteiger charge is 2.02. The molecule has 0 bridgehead atoms. The van der Waals surface area contributed by atoms with E-state index in [1.807, 2.05) is 7.05 Å². The van der Waals surface area contributed by atoms with E-state index in [1.54, 1.807) is 41.4 Å². The summed E-state index contributed by atoms with van der Waals surface area (Å²) >= 11 is 0. The summed E-state index contributed by atoms with van der Waals surface area (Å²) in [6, 6.07) is 5.15. The Labute approximate surface area is 119 Å². The van der Waals surface area contributed by atoms with E-state index in [-0.39, 0.29) is 11.6 Å². The number of aromatic amines is 2. The highest BCUT2D eigenvalue weighted by Crippen LogP contribution is 2.14. The molecular formula is C14H13N5O2. The van der Waals surface area contributed by atoms with Gasteiger partial charge in [-0.15, -0.1) is 0 Å². The summed E-state index contributed by atoms with van der Waals surface area (Å²) in [4.78, 5) is 28.3. The largest absolute Gasteiger partial charge is 0.323 e. The first kappa shape index (κ1) is 12.9. The van der Waals surface area contributed by atoms with Gasteiger partial charge in [0.2, 0.25) is 5.91 Å². The summed E-state index contributed by atoms with van der Waals surface area (Å²) in [5.41, 5.74) is 2.53. The lowest BCUT2D eigenvalue weighted by Gasteiger charge is -2.01. The number of H-pyrrole nitrogens is 2. The smallest absolute Gasteiger partial charge is 0.322 e. The van der Waals surface area contributed by atoms with Crippen LogP contribution in [-0.4, -0.2) is 25.7 Å². The fourth-order valence-electron chi connectivity index (χ4n) is 1.99. The van der Waals surface area contributed by atoms with Crippen molar-refractivity contribution in [2.45, 2.75) is 0 Å². The number of hydrogen-bond donors (Lipinski definition) is 3. The van der Waals surface area contributed by atoms with Crippen molar-refractivity contribution in [1.29, 1.82) is 0 Å². The number of hydrogen-bond acceptors (Lipinski definition) is 3. The number of nitrogens with one attached hydrogen (secondary N) is 3. The van der Waals surface area contributed by atoms with E-state index in [0.29, 0.717) is 16.7 Å². The van der Waals surface area contributed by atoms with E-state index in [0.717, 1.165) is 5.56 Å². The van der Waals surface area contributed by atoms with Gasteiger partial charge in [-0.05, 0) is 24.3 Å². The third kappa shape index (κ3) is 2.92. The first-order valence-electron chi connectivity index (χ1n) is 6.30. The van der Waals surface area contributed by atoms with Gasteiger partial charge in [-0.2, -0.15) is 5.10 Å². The zero-order valence-electron chi connectivity index (χ0n) is 11.3. The molecule has 0 radical (unpaired) electrons. The van der Waals surface area contributed by atoms with Crippen molar-refractivity contribution in [3.8, 4) is 0 Å². The second-order valence-corrected chi connectivity index (χ2v) is 4.61. The van der Waals surface area contributed by atoms with Crippen molar-refractivity contribution in [1.82, 2.24) is 19.7 Å². The lowest BCUT2D eigenvalue weighted by atomic mass is 10.2. The number of aryl methyl sites for hydroxylation is 1. The lowest BCUT2D eigenvalue weighted by Crippen LogP contribution is -2.07. The average Bonchev–Trinajstić information content (AvgIpc) is 3.01. The second kappa shape index (κ2) is 5.12. The molecule has 3 aromatic rings. The molecule has 1 amide bonds. The van der Waals surface area contributed by atoms with Gasteiger partial charge in [0.1, 0.15) is 0 Å². The molecule has 2 heterocycles. The van der Waals surface area contributed by atoms with Gasteiger partial charge in [0.15, 0.2) is 0 Å². The van der Waals surface area contributed by atoms with Crippen LogP contribution in [-0.2, 0) is 11.8 Å². The Morgan fingerprint density at radius 2 is 2.14 bits per heavy atom. The molecule has 7 nitrogen and oxygen atoms in total. The molecule has 2 aromatic heterocycles.